The predicted molar refractivity (Wildman–Crippen MR) is 95.1 cm³/mol. The number of nitrogens with zero attached hydrogens (tertiary/aromatic N) is 1. The molecule has 0 radical (unpaired) electrons. The fraction of sp³-hybridized carbons (Fsp3) is 0.316. The maximum absolute atomic E-state index is 12.3. The monoisotopic (exact) mass is 358 g/mol. The quantitative estimate of drug-likeness (QED) is 0.729. The third-order valence-electron chi connectivity index (χ3n) is 3.57. The highest BCUT2D eigenvalue weighted by Crippen LogP contribution is 2.18. The van der Waals surface area contributed by atoms with Crippen molar-refractivity contribution in [1.82, 2.24) is 10.3 Å². The van der Waals surface area contributed by atoms with Crippen LogP contribution in [-0.2, 0) is 16.1 Å². The molecule has 0 fully saturated rings. The van der Waals surface area contributed by atoms with Crippen LogP contribution in [0.4, 0.5) is 0 Å². The van der Waals surface area contributed by atoms with Crippen molar-refractivity contribution >= 4 is 11.9 Å². The van der Waals surface area contributed by atoms with Gasteiger partial charge in [-0.2, -0.15) is 0 Å². The van der Waals surface area contributed by atoms with Gasteiger partial charge in [-0.3, -0.25) is 4.79 Å². The van der Waals surface area contributed by atoms with Gasteiger partial charge in [-0.25, -0.2) is 9.78 Å². The van der Waals surface area contributed by atoms with E-state index in [0.29, 0.717) is 12.4 Å². The van der Waals surface area contributed by atoms with Crippen molar-refractivity contribution in [3.05, 3.63) is 53.7 Å². The molecule has 0 saturated heterocycles. The second-order valence-corrected chi connectivity index (χ2v) is 5.37. The number of para-hydroxylation sites is 1. The molecule has 1 amide bonds. The Morgan fingerprint density at radius 3 is 2.69 bits per heavy atom. The Morgan fingerprint density at radius 2 is 1.96 bits per heavy atom. The molecule has 0 aliphatic rings. The third kappa shape index (κ3) is 4.95. The van der Waals surface area contributed by atoms with E-state index in [9.17, 15) is 9.59 Å². The molecule has 0 spiro atoms. The summed E-state index contributed by atoms with van der Waals surface area (Å²) < 4.78 is 15.8. The molecule has 1 atom stereocenters. The second-order valence-electron chi connectivity index (χ2n) is 5.37. The van der Waals surface area contributed by atoms with Crippen molar-refractivity contribution in [1.29, 1.82) is 0 Å². The number of rotatable bonds is 8. The Morgan fingerprint density at radius 1 is 1.19 bits per heavy atom. The average Bonchev–Trinajstić information content (AvgIpc) is 2.66. The van der Waals surface area contributed by atoms with Crippen molar-refractivity contribution in [3.8, 4) is 11.6 Å². The van der Waals surface area contributed by atoms with Crippen LogP contribution < -0.4 is 14.8 Å². The summed E-state index contributed by atoms with van der Waals surface area (Å²) in [6.45, 7) is 3.93. The molecule has 26 heavy (non-hydrogen) atoms. The van der Waals surface area contributed by atoms with Gasteiger partial charge in [0.2, 0.25) is 5.88 Å². The number of methoxy groups -OCH3 is 1. The molecule has 1 N–H and O–H groups in total. The van der Waals surface area contributed by atoms with Gasteiger partial charge >= 0.3 is 5.97 Å². The van der Waals surface area contributed by atoms with Gasteiger partial charge in [0.1, 0.15) is 11.3 Å². The maximum atomic E-state index is 12.3. The summed E-state index contributed by atoms with van der Waals surface area (Å²) in [7, 11) is 1.56. The van der Waals surface area contributed by atoms with Crippen LogP contribution in [0.3, 0.4) is 0 Å². The minimum absolute atomic E-state index is 0.179. The van der Waals surface area contributed by atoms with E-state index in [1.807, 2.05) is 24.3 Å². The summed E-state index contributed by atoms with van der Waals surface area (Å²) in [5.74, 6) is -0.219. The smallest absolute Gasteiger partial charge is 0.344 e. The number of carbonyl (C=O) groups is 2. The van der Waals surface area contributed by atoms with Crippen LogP contribution in [0.25, 0.3) is 0 Å². The number of aromatic nitrogens is 1. The Balaban J connectivity index is 1.95. The summed E-state index contributed by atoms with van der Waals surface area (Å²) in [4.78, 5) is 28.5. The number of nitrogens with one attached hydrogen (secondary N) is 1. The van der Waals surface area contributed by atoms with Gasteiger partial charge in [0.25, 0.3) is 5.91 Å². The normalized spacial score (nSPS) is 11.3. The third-order valence-corrected chi connectivity index (χ3v) is 3.57. The zero-order valence-corrected chi connectivity index (χ0v) is 15.0. The lowest BCUT2D eigenvalue weighted by Gasteiger charge is -2.15. The molecule has 2 aromatic rings. The van der Waals surface area contributed by atoms with Gasteiger partial charge in [0, 0.05) is 18.3 Å². The Labute approximate surface area is 152 Å². The lowest BCUT2D eigenvalue weighted by Crippen LogP contribution is -2.35. The molecule has 0 aliphatic carbocycles. The standard InChI is InChI=1S/C19H22N2O5/c1-4-25-18-15(9-7-11-20-18)19(23)26-13(2)17(22)21-12-14-8-5-6-10-16(14)24-3/h5-11,13H,4,12H2,1-3H3,(H,21,22). The molecule has 1 aromatic heterocycles. The van der Waals surface area contributed by atoms with Crippen LogP contribution in [0.5, 0.6) is 11.6 Å². The van der Waals surface area contributed by atoms with Crippen molar-refractivity contribution < 1.29 is 23.8 Å². The van der Waals surface area contributed by atoms with Crippen molar-refractivity contribution in [2.75, 3.05) is 13.7 Å². The fourth-order valence-corrected chi connectivity index (χ4v) is 2.25. The number of benzene rings is 1. The first-order chi connectivity index (χ1) is 12.6. The maximum Gasteiger partial charge on any atom is 0.344 e. The average molecular weight is 358 g/mol. The van der Waals surface area contributed by atoms with Gasteiger partial charge < -0.3 is 19.5 Å². The summed E-state index contributed by atoms with van der Waals surface area (Å²) in [5, 5.41) is 2.73. The Kier molecular flexibility index (Phi) is 6.96. The van der Waals surface area contributed by atoms with Gasteiger partial charge in [-0.15, -0.1) is 0 Å². The SMILES string of the molecule is CCOc1ncccc1C(=O)OC(C)C(=O)NCc1ccccc1OC. The zero-order chi connectivity index (χ0) is 18.9. The van der Waals surface area contributed by atoms with E-state index in [2.05, 4.69) is 10.3 Å². The van der Waals surface area contributed by atoms with Crippen LogP contribution in [0.1, 0.15) is 29.8 Å². The number of amides is 1. The molecule has 2 rings (SSSR count). The van der Waals surface area contributed by atoms with E-state index in [1.54, 1.807) is 26.2 Å². The molecule has 7 nitrogen and oxygen atoms in total. The molecule has 1 unspecified atom stereocenters. The highest BCUT2D eigenvalue weighted by Gasteiger charge is 2.22. The lowest BCUT2D eigenvalue weighted by molar-refractivity contribution is -0.129. The van der Waals surface area contributed by atoms with E-state index in [4.69, 9.17) is 14.2 Å². The van der Waals surface area contributed by atoms with Crippen LogP contribution in [-0.4, -0.2) is 36.7 Å². The van der Waals surface area contributed by atoms with E-state index in [0.717, 1.165) is 5.56 Å². The Hall–Kier alpha value is -3.09. The highest BCUT2D eigenvalue weighted by atomic mass is 16.6. The first-order valence-corrected chi connectivity index (χ1v) is 8.25. The largest absolute Gasteiger partial charge is 0.496 e. The lowest BCUT2D eigenvalue weighted by atomic mass is 10.2. The predicted octanol–water partition coefficient (Wildman–Crippen LogP) is 2.35. The summed E-state index contributed by atoms with van der Waals surface area (Å²) >= 11 is 0. The van der Waals surface area contributed by atoms with Crippen molar-refractivity contribution in [2.24, 2.45) is 0 Å². The van der Waals surface area contributed by atoms with Crippen molar-refractivity contribution in [2.45, 2.75) is 26.5 Å². The van der Waals surface area contributed by atoms with Crippen molar-refractivity contribution in [3.63, 3.8) is 0 Å². The molecule has 1 aromatic carbocycles. The topological polar surface area (TPSA) is 86.8 Å². The molecule has 7 heteroatoms. The Bertz CT molecular complexity index is 763. The molecule has 1 heterocycles. The number of esters is 1. The first-order valence-electron chi connectivity index (χ1n) is 8.25. The molecule has 0 saturated carbocycles. The summed E-state index contributed by atoms with van der Waals surface area (Å²) in [5.41, 5.74) is 1.01. The zero-order valence-electron chi connectivity index (χ0n) is 15.0. The van der Waals surface area contributed by atoms with E-state index in [-0.39, 0.29) is 18.0 Å². The van der Waals surface area contributed by atoms with E-state index in [1.165, 1.54) is 13.1 Å². The second kappa shape index (κ2) is 9.41. The summed E-state index contributed by atoms with van der Waals surface area (Å²) in [6, 6.07) is 10.5. The van der Waals surface area contributed by atoms with Crippen LogP contribution in [0.2, 0.25) is 0 Å². The highest BCUT2D eigenvalue weighted by molar-refractivity contribution is 5.94. The van der Waals surface area contributed by atoms with Crippen LogP contribution in [0.15, 0.2) is 42.6 Å². The number of pyridine rings is 1. The minimum atomic E-state index is -0.966. The molecule has 0 bridgehead atoms. The number of hydrogen-bond acceptors (Lipinski definition) is 6. The first kappa shape index (κ1) is 19.2. The molecular formula is C19H22N2O5. The fourth-order valence-electron chi connectivity index (χ4n) is 2.25. The van der Waals surface area contributed by atoms with E-state index < -0.39 is 18.0 Å². The van der Waals surface area contributed by atoms with Gasteiger partial charge in [0.15, 0.2) is 6.10 Å². The minimum Gasteiger partial charge on any atom is -0.496 e. The van der Waals surface area contributed by atoms with Crippen LogP contribution in [0, 0.1) is 0 Å². The number of ether oxygens (including phenoxy) is 3. The number of carbonyl (C=O) groups excluding carboxylic acids is 2. The van der Waals surface area contributed by atoms with Crippen LogP contribution >= 0.6 is 0 Å². The van der Waals surface area contributed by atoms with E-state index >= 15 is 0 Å². The van der Waals surface area contributed by atoms with Gasteiger partial charge in [0.05, 0.1) is 13.7 Å². The summed E-state index contributed by atoms with van der Waals surface area (Å²) in [6.07, 6.45) is 0.553. The molecule has 0 aliphatic heterocycles. The molecular weight excluding hydrogens is 336 g/mol. The number of hydrogen-bond donors (Lipinski definition) is 1. The van der Waals surface area contributed by atoms with Gasteiger partial charge in [-0.05, 0) is 32.0 Å². The van der Waals surface area contributed by atoms with Gasteiger partial charge in [-0.1, -0.05) is 18.2 Å². The molecule has 138 valence electrons.